The van der Waals surface area contributed by atoms with Gasteiger partial charge in [-0.15, -0.1) is 0 Å². The molecule has 0 radical (unpaired) electrons. The van der Waals surface area contributed by atoms with Crippen molar-refractivity contribution in [1.29, 1.82) is 0 Å². The Kier molecular flexibility index (Phi) is 5.80. The lowest BCUT2D eigenvalue weighted by Crippen LogP contribution is -2.50. The fourth-order valence-electron chi connectivity index (χ4n) is 4.56. The van der Waals surface area contributed by atoms with Crippen LogP contribution in [0.4, 0.5) is 0 Å². The molecule has 3 fully saturated rings. The van der Waals surface area contributed by atoms with Gasteiger partial charge < -0.3 is 14.5 Å². The molecular formula is C19H32N2O3. The number of ether oxygens (including phenoxy) is 1. The van der Waals surface area contributed by atoms with E-state index in [2.05, 4.69) is 6.92 Å². The Morgan fingerprint density at radius 3 is 2.50 bits per heavy atom. The Hall–Kier alpha value is -1.10. The van der Waals surface area contributed by atoms with E-state index in [-0.39, 0.29) is 18.1 Å². The maximum Gasteiger partial charge on any atom is 0.251 e. The van der Waals surface area contributed by atoms with Crippen LogP contribution in [0.3, 0.4) is 0 Å². The molecule has 0 bridgehead atoms. The monoisotopic (exact) mass is 336 g/mol. The maximum absolute atomic E-state index is 12.7. The summed E-state index contributed by atoms with van der Waals surface area (Å²) in [4.78, 5) is 28.5. The molecule has 2 saturated heterocycles. The number of carbonyl (C=O) groups is 2. The molecule has 0 N–H and O–H groups in total. The number of nitrogens with zero attached hydrogens (tertiary/aromatic N) is 2. The largest absolute Gasteiger partial charge is 0.365 e. The first-order chi connectivity index (χ1) is 11.5. The Labute approximate surface area is 145 Å². The van der Waals surface area contributed by atoms with Crippen molar-refractivity contribution in [3.05, 3.63) is 0 Å². The molecule has 0 unspecified atom stereocenters. The Morgan fingerprint density at radius 1 is 1.12 bits per heavy atom. The summed E-state index contributed by atoms with van der Waals surface area (Å²) in [6.07, 6.45) is 8.06. The van der Waals surface area contributed by atoms with Gasteiger partial charge in [0.25, 0.3) is 5.91 Å². The fourth-order valence-corrected chi connectivity index (χ4v) is 4.56. The minimum absolute atomic E-state index is 0.124. The average molecular weight is 336 g/mol. The minimum atomic E-state index is -0.342. The maximum atomic E-state index is 12.7. The van der Waals surface area contributed by atoms with Gasteiger partial charge in [0.1, 0.15) is 6.10 Å². The van der Waals surface area contributed by atoms with E-state index in [4.69, 9.17) is 4.74 Å². The highest BCUT2D eigenvalue weighted by Crippen LogP contribution is 2.27. The van der Waals surface area contributed by atoms with Gasteiger partial charge in [0.2, 0.25) is 5.91 Å². The first-order valence-electron chi connectivity index (χ1n) is 9.78. The summed E-state index contributed by atoms with van der Waals surface area (Å²) in [6.45, 7) is 6.57. The SMILES string of the molecule is C[C@@H]1CCC[C@@H](O[C@@H](C)C(=O)N2CCC(N3CCCC3=O)CC2)C1. The third-order valence-corrected chi connectivity index (χ3v) is 5.96. The second-order valence-corrected chi connectivity index (χ2v) is 7.92. The molecular weight excluding hydrogens is 304 g/mol. The zero-order valence-electron chi connectivity index (χ0n) is 15.2. The number of piperidine rings is 1. The number of carbonyl (C=O) groups excluding carboxylic acids is 2. The second kappa shape index (κ2) is 7.85. The molecule has 1 saturated carbocycles. The molecule has 2 aliphatic heterocycles. The van der Waals surface area contributed by atoms with E-state index >= 15 is 0 Å². The predicted molar refractivity (Wildman–Crippen MR) is 92.5 cm³/mol. The van der Waals surface area contributed by atoms with Crippen LogP contribution in [0.1, 0.15) is 65.2 Å². The highest BCUT2D eigenvalue weighted by atomic mass is 16.5. The quantitative estimate of drug-likeness (QED) is 0.793. The molecule has 5 heteroatoms. The van der Waals surface area contributed by atoms with E-state index in [0.717, 1.165) is 51.7 Å². The predicted octanol–water partition coefficient (Wildman–Crippen LogP) is 2.58. The van der Waals surface area contributed by atoms with Crippen LogP contribution >= 0.6 is 0 Å². The minimum Gasteiger partial charge on any atom is -0.365 e. The van der Waals surface area contributed by atoms with Gasteiger partial charge in [0.05, 0.1) is 6.10 Å². The van der Waals surface area contributed by atoms with Crippen LogP contribution in [-0.4, -0.2) is 59.5 Å². The Bertz CT molecular complexity index is 460. The standard InChI is InChI=1S/C19H32N2O3/c1-14-5-3-6-17(13-14)24-15(2)19(23)20-11-8-16(9-12-20)21-10-4-7-18(21)22/h14-17H,3-13H2,1-2H3/t14-,15+,17-/m1/s1. The molecule has 24 heavy (non-hydrogen) atoms. The zero-order valence-corrected chi connectivity index (χ0v) is 15.2. The average Bonchev–Trinajstić information content (AvgIpc) is 3.00. The summed E-state index contributed by atoms with van der Waals surface area (Å²) in [5.74, 6) is 1.13. The first-order valence-corrected chi connectivity index (χ1v) is 9.78. The highest BCUT2D eigenvalue weighted by molar-refractivity contribution is 5.81. The molecule has 0 aromatic carbocycles. The van der Waals surface area contributed by atoms with Gasteiger partial charge in [-0.2, -0.15) is 0 Å². The van der Waals surface area contributed by atoms with Gasteiger partial charge in [-0.25, -0.2) is 0 Å². The van der Waals surface area contributed by atoms with Crippen molar-refractivity contribution < 1.29 is 14.3 Å². The van der Waals surface area contributed by atoms with E-state index in [1.165, 1.54) is 12.8 Å². The third kappa shape index (κ3) is 4.11. The zero-order chi connectivity index (χ0) is 17.1. The van der Waals surface area contributed by atoms with Crippen LogP contribution in [0.5, 0.6) is 0 Å². The Balaban J connectivity index is 1.45. The van der Waals surface area contributed by atoms with Crippen molar-refractivity contribution in [2.45, 2.75) is 83.5 Å². The van der Waals surface area contributed by atoms with Crippen molar-refractivity contribution in [3.8, 4) is 0 Å². The van der Waals surface area contributed by atoms with Gasteiger partial charge in [-0.1, -0.05) is 19.8 Å². The summed E-state index contributed by atoms with van der Waals surface area (Å²) >= 11 is 0. The van der Waals surface area contributed by atoms with E-state index < -0.39 is 0 Å². The van der Waals surface area contributed by atoms with Crippen LogP contribution in [-0.2, 0) is 14.3 Å². The van der Waals surface area contributed by atoms with E-state index in [0.29, 0.717) is 24.3 Å². The van der Waals surface area contributed by atoms with Crippen molar-refractivity contribution in [2.75, 3.05) is 19.6 Å². The summed E-state index contributed by atoms with van der Waals surface area (Å²) in [7, 11) is 0. The van der Waals surface area contributed by atoms with Crippen molar-refractivity contribution in [1.82, 2.24) is 9.80 Å². The summed E-state index contributed by atoms with van der Waals surface area (Å²) in [5, 5.41) is 0. The van der Waals surface area contributed by atoms with E-state index in [9.17, 15) is 9.59 Å². The summed E-state index contributed by atoms with van der Waals surface area (Å²) in [6, 6.07) is 0.333. The number of rotatable bonds is 4. The van der Waals surface area contributed by atoms with Crippen LogP contribution in [0.2, 0.25) is 0 Å². The second-order valence-electron chi connectivity index (χ2n) is 7.92. The van der Waals surface area contributed by atoms with Gasteiger partial charge in [0, 0.05) is 32.1 Å². The Morgan fingerprint density at radius 2 is 1.88 bits per heavy atom. The number of hydrogen-bond donors (Lipinski definition) is 0. The normalized spacial score (nSPS) is 30.7. The van der Waals surface area contributed by atoms with Gasteiger partial charge in [0.15, 0.2) is 0 Å². The summed E-state index contributed by atoms with van der Waals surface area (Å²) < 4.78 is 6.06. The molecule has 0 aromatic heterocycles. The molecule has 3 atom stereocenters. The first kappa shape index (κ1) is 17.7. The molecule has 136 valence electrons. The number of likely N-dealkylation sites (tertiary alicyclic amines) is 2. The molecule has 2 heterocycles. The smallest absolute Gasteiger partial charge is 0.251 e. The lowest BCUT2D eigenvalue weighted by atomic mass is 9.88. The topological polar surface area (TPSA) is 49.9 Å². The van der Waals surface area contributed by atoms with Crippen molar-refractivity contribution >= 4 is 11.8 Å². The molecule has 2 amide bonds. The molecule has 1 aliphatic carbocycles. The summed E-state index contributed by atoms with van der Waals surface area (Å²) in [5.41, 5.74) is 0. The van der Waals surface area contributed by atoms with Crippen molar-refractivity contribution in [3.63, 3.8) is 0 Å². The molecule has 0 spiro atoms. The number of hydrogen-bond acceptors (Lipinski definition) is 3. The number of amides is 2. The van der Waals surface area contributed by atoms with Crippen LogP contribution < -0.4 is 0 Å². The fraction of sp³-hybridized carbons (Fsp3) is 0.895. The van der Waals surface area contributed by atoms with E-state index in [1.807, 2.05) is 16.7 Å². The highest BCUT2D eigenvalue weighted by Gasteiger charge is 2.33. The van der Waals surface area contributed by atoms with Gasteiger partial charge >= 0.3 is 0 Å². The molecule has 3 aliphatic rings. The lowest BCUT2D eigenvalue weighted by Gasteiger charge is -2.38. The van der Waals surface area contributed by atoms with Crippen LogP contribution in [0.15, 0.2) is 0 Å². The lowest BCUT2D eigenvalue weighted by molar-refractivity contribution is -0.149. The molecule has 3 rings (SSSR count). The van der Waals surface area contributed by atoms with Crippen molar-refractivity contribution in [2.24, 2.45) is 5.92 Å². The van der Waals surface area contributed by atoms with Gasteiger partial charge in [-0.05, 0) is 44.9 Å². The molecule has 5 nitrogen and oxygen atoms in total. The van der Waals surface area contributed by atoms with E-state index in [1.54, 1.807) is 0 Å². The molecule has 0 aromatic rings. The van der Waals surface area contributed by atoms with Gasteiger partial charge in [-0.3, -0.25) is 9.59 Å². The van der Waals surface area contributed by atoms with Crippen LogP contribution in [0, 0.1) is 5.92 Å². The third-order valence-electron chi connectivity index (χ3n) is 5.96. The van der Waals surface area contributed by atoms with Crippen LogP contribution in [0.25, 0.3) is 0 Å².